The Hall–Kier alpha value is -2.41. The van der Waals surface area contributed by atoms with Crippen LogP contribution in [0.2, 0.25) is 0 Å². The molecule has 1 aromatic carbocycles. The minimum atomic E-state index is -0.222. The van der Waals surface area contributed by atoms with Crippen LogP contribution in [0.5, 0.6) is 0 Å². The van der Waals surface area contributed by atoms with Crippen molar-refractivity contribution in [1.82, 2.24) is 19.3 Å². The number of nitrogens with one attached hydrogen (secondary N) is 1. The molecule has 3 aromatic rings. The zero-order valence-corrected chi connectivity index (χ0v) is 13.7. The number of amides is 1. The summed E-state index contributed by atoms with van der Waals surface area (Å²) in [5.74, 6) is 0.190. The summed E-state index contributed by atoms with van der Waals surface area (Å²) in [6.07, 6.45) is 1.40. The first-order valence-corrected chi connectivity index (χ1v) is 7.42. The van der Waals surface area contributed by atoms with Crippen LogP contribution in [0.4, 0.5) is 5.95 Å². The van der Waals surface area contributed by atoms with Gasteiger partial charge in [0.1, 0.15) is 12.0 Å². The number of anilines is 1. The fourth-order valence-corrected chi connectivity index (χ4v) is 2.65. The highest BCUT2D eigenvalue weighted by molar-refractivity contribution is 9.10. The van der Waals surface area contributed by atoms with Gasteiger partial charge in [-0.2, -0.15) is 10.1 Å². The SMILES string of the molecule is Cn1ncnc1NC(=O)c1ccc(-c2cccc(Br)c2)n1C. The summed E-state index contributed by atoms with van der Waals surface area (Å²) in [6.45, 7) is 0. The first-order chi connectivity index (χ1) is 10.6. The second-order valence-corrected chi connectivity index (χ2v) is 5.75. The number of aryl methyl sites for hydroxylation is 1. The molecule has 0 fully saturated rings. The first kappa shape index (κ1) is 14.5. The number of hydrogen-bond acceptors (Lipinski definition) is 3. The summed E-state index contributed by atoms with van der Waals surface area (Å²) < 4.78 is 4.36. The molecule has 1 N–H and O–H groups in total. The van der Waals surface area contributed by atoms with Gasteiger partial charge in [0.25, 0.3) is 5.91 Å². The Morgan fingerprint density at radius 3 is 2.73 bits per heavy atom. The van der Waals surface area contributed by atoms with Crippen LogP contribution in [0.1, 0.15) is 10.5 Å². The van der Waals surface area contributed by atoms with Crippen LogP contribution in [0, 0.1) is 0 Å². The number of nitrogens with zero attached hydrogens (tertiary/aromatic N) is 4. The van der Waals surface area contributed by atoms with Crippen LogP contribution >= 0.6 is 15.9 Å². The normalized spacial score (nSPS) is 10.7. The maximum atomic E-state index is 12.4. The van der Waals surface area contributed by atoms with Crippen LogP contribution in [-0.2, 0) is 14.1 Å². The van der Waals surface area contributed by atoms with Crippen molar-refractivity contribution in [2.45, 2.75) is 0 Å². The minimum Gasteiger partial charge on any atom is -0.340 e. The molecule has 1 amide bonds. The number of aromatic nitrogens is 4. The van der Waals surface area contributed by atoms with Crippen molar-refractivity contribution in [3.05, 3.63) is 52.9 Å². The number of carbonyl (C=O) groups excluding carboxylic acids is 1. The lowest BCUT2D eigenvalue weighted by molar-refractivity contribution is 0.101. The predicted octanol–water partition coefficient (Wildman–Crippen LogP) is 2.84. The average Bonchev–Trinajstić information content (AvgIpc) is 3.05. The van der Waals surface area contributed by atoms with E-state index in [1.807, 2.05) is 41.9 Å². The van der Waals surface area contributed by atoms with Gasteiger partial charge in [-0.15, -0.1) is 0 Å². The Balaban J connectivity index is 1.90. The van der Waals surface area contributed by atoms with E-state index in [2.05, 4.69) is 31.3 Å². The minimum absolute atomic E-state index is 0.222. The van der Waals surface area contributed by atoms with Gasteiger partial charge in [0.15, 0.2) is 0 Å². The summed E-state index contributed by atoms with van der Waals surface area (Å²) in [4.78, 5) is 16.4. The molecule has 0 unspecified atom stereocenters. The zero-order valence-electron chi connectivity index (χ0n) is 12.1. The van der Waals surface area contributed by atoms with Gasteiger partial charge in [0, 0.05) is 24.3 Å². The molecule has 6 nitrogen and oxygen atoms in total. The van der Waals surface area contributed by atoms with E-state index in [1.165, 1.54) is 11.0 Å². The zero-order chi connectivity index (χ0) is 15.7. The largest absolute Gasteiger partial charge is 0.340 e. The number of rotatable bonds is 3. The highest BCUT2D eigenvalue weighted by Crippen LogP contribution is 2.24. The van der Waals surface area contributed by atoms with Gasteiger partial charge in [0.2, 0.25) is 5.95 Å². The summed E-state index contributed by atoms with van der Waals surface area (Å²) in [6, 6.07) is 11.7. The van der Waals surface area contributed by atoms with Gasteiger partial charge < -0.3 is 4.57 Å². The number of carbonyl (C=O) groups is 1. The molecule has 3 rings (SSSR count). The number of halogens is 1. The van der Waals surface area contributed by atoms with Crippen LogP contribution in [-0.4, -0.2) is 25.2 Å². The third-order valence-corrected chi connectivity index (χ3v) is 3.90. The van der Waals surface area contributed by atoms with Crippen molar-refractivity contribution in [1.29, 1.82) is 0 Å². The predicted molar refractivity (Wildman–Crippen MR) is 87.5 cm³/mol. The maximum absolute atomic E-state index is 12.4. The lowest BCUT2D eigenvalue weighted by Crippen LogP contribution is -2.18. The molecule has 0 aliphatic rings. The molecule has 0 atom stereocenters. The second-order valence-electron chi connectivity index (χ2n) is 4.83. The molecule has 22 heavy (non-hydrogen) atoms. The van der Waals surface area contributed by atoms with E-state index in [0.29, 0.717) is 11.6 Å². The summed E-state index contributed by atoms with van der Waals surface area (Å²) in [7, 11) is 3.59. The van der Waals surface area contributed by atoms with Crippen molar-refractivity contribution >= 4 is 27.8 Å². The molecule has 7 heteroatoms. The van der Waals surface area contributed by atoms with Crippen molar-refractivity contribution < 1.29 is 4.79 Å². The summed E-state index contributed by atoms with van der Waals surface area (Å²) >= 11 is 3.46. The van der Waals surface area contributed by atoms with E-state index in [4.69, 9.17) is 0 Å². The van der Waals surface area contributed by atoms with Gasteiger partial charge in [0.05, 0.1) is 0 Å². The molecule has 0 aliphatic heterocycles. The van der Waals surface area contributed by atoms with Crippen molar-refractivity contribution in [3.8, 4) is 11.3 Å². The fraction of sp³-hybridized carbons (Fsp3) is 0.133. The highest BCUT2D eigenvalue weighted by Gasteiger charge is 2.15. The molecule has 2 aromatic heterocycles. The quantitative estimate of drug-likeness (QED) is 0.781. The van der Waals surface area contributed by atoms with E-state index in [1.54, 1.807) is 13.1 Å². The molecule has 0 saturated carbocycles. The molecule has 0 spiro atoms. The average molecular weight is 360 g/mol. The standard InChI is InChI=1S/C15H14BrN5O/c1-20-12(10-4-3-5-11(16)8-10)6-7-13(20)14(22)19-15-17-9-18-21(15)2/h3-9H,1-2H3,(H,17,18,19,22). The maximum Gasteiger partial charge on any atom is 0.274 e. The fourth-order valence-electron chi connectivity index (χ4n) is 2.25. The van der Waals surface area contributed by atoms with Gasteiger partial charge >= 0.3 is 0 Å². The van der Waals surface area contributed by atoms with Gasteiger partial charge in [-0.25, -0.2) is 4.68 Å². The number of benzene rings is 1. The van der Waals surface area contributed by atoms with Gasteiger partial charge in [-0.3, -0.25) is 10.1 Å². The molecule has 2 heterocycles. The molecule has 0 radical (unpaired) electrons. The lowest BCUT2D eigenvalue weighted by atomic mass is 10.1. The van der Waals surface area contributed by atoms with E-state index in [-0.39, 0.29) is 5.91 Å². The molecular formula is C15H14BrN5O. The van der Waals surface area contributed by atoms with Crippen LogP contribution in [0.3, 0.4) is 0 Å². The molecule has 112 valence electrons. The van der Waals surface area contributed by atoms with Crippen molar-refractivity contribution in [3.63, 3.8) is 0 Å². The molecular weight excluding hydrogens is 346 g/mol. The van der Waals surface area contributed by atoms with Crippen molar-refractivity contribution in [2.24, 2.45) is 14.1 Å². The summed E-state index contributed by atoms with van der Waals surface area (Å²) in [5, 5.41) is 6.67. The third kappa shape index (κ3) is 2.67. The number of hydrogen-bond donors (Lipinski definition) is 1. The Morgan fingerprint density at radius 2 is 2.05 bits per heavy atom. The Morgan fingerprint density at radius 1 is 1.23 bits per heavy atom. The monoisotopic (exact) mass is 359 g/mol. The third-order valence-electron chi connectivity index (χ3n) is 3.41. The Bertz CT molecular complexity index is 836. The Kier molecular flexibility index (Phi) is 3.81. The molecule has 0 aliphatic carbocycles. The van der Waals surface area contributed by atoms with Gasteiger partial charge in [-0.1, -0.05) is 28.1 Å². The highest BCUT2D eigenvalue weighted by atomic mass is 79.9. The van der Waals surface area contributed by atoms with Crippen LogP contribution in [0.25, 0.3) is 11.3 Å². The van der Waals surface area contributed by atoms with E-state index >= 15 is 0 Å². The van der Waals surface area contributed by atoms with E-state index < -0.39 is 0 Å². The lowest BCUT2D eigenvalue weighted by Gasteiger charge is -2.08. The van der Waals surface area contributed by atoms with E-state index in [9.17, 15) is 4.79 Å². The molecule has 0 saturated heterocycles. The van der Waals surface area contributed by atoms with Gasteiger partial charge in [-0.05, 0) is 29.8 Å². The molecule has 0 bridgehead atoms. The van der Waals surface area contributed by atoms with Crippen LogP contribution in [0.15, 0.2) is 47.2 Å². The first-order valence-electron chi connectivity index (χ1n) is 6.63. The topological polar surface area (TPSA) is 64.7 Å². The van der Waals surface area contributed by atoms with Crippen LogP contribution < -0.4 is 5.32 Å². The summed E-state index contributed by atoms with van der Waals surface area (Å²) in [5.41, 5.74) is 2.55. The second kappa shape index (κ2) is 5.76. The Labute approximate surface area is 135 Å². The van der Waals surface area contributed by atoms with E-state index in [0.717, 1.165) is 15.7 Å². The van der Waals surface area contributed by atoms with Crippen molar-refractivity contribution in [2.75, 3.05) is 5.32 Å². The smallest absolute Gasteiger partial charge is 0.274 e.